The third-order valence-corrected chi connectivity index (χ3v) is 4.84. The number of nitrogens with zero attached hydrogens (tertiary/aromatic N) is 1. The number of hydrogen-bond acceptors (Lipinski definition) is 3. The first-order valence-electron chi connectivity index (χ1n) is 8.31. The Morgan fingerprint density at radius 3 is 2.29 bits per heavy atom. The summed E-state index contributed by atoms with van der Waals surface area (Å²) < 4.78 is 0. The van der Waals surface area contributed by atoms with Gasteiger partial charge in [0.15, 0.2) is 0 Å². The van der Waals surface area contributed by atoms with E-state index < -0.39 is 5.97 Å². The van der Waals surface area contributed by atoms with Gasteiger partial charge in [-0.1, -0.05) is 39.0 Å². The van der Waals surface area contributed by atoms with Crippen molar-refractivity contribution in [1.82, 2.24) is 10.2 Å². The van der Waals surface area contributed by atoms with E-state index in [1.54, 1.807) is 0 Å². The summed E-state index contributed by atoms with van der Waals surface area (Å²) >= 11 is 0. The van der Waals surface area contributed by atoms with E-state index in [2.05, 4.69) is 5.32 Å². The number of carboxylic acid groups (broad SMARTS) is 1. The van der Waals surface area contributed by atoms with Crippen molar-refractivity contribution in [3.8, 4) is 0 Å². The molecule has 0 radical (unpaired) electrons. The lowest BCUT2D eigenvalue weighted by molar-refractivity contribution is -0.142. The summed E-state index contributed by atoms with van der Waals surface area (Å²) in [5.74, 6) is -0.903. The Kier molecular flexibility index (Phi) is 6.03. The van der Waals surface area contributed by atoms with E-state index in [4.69, 9.17) is 5.11 Å². The molecule has 2 rings (SSSR count). The quantitative estimate of drug-likeness (QED) is 0.831. The van der Waals surface area contributed by atoms with Crippen LogP contribution in [0.1, 0.15) is 51.9 Å². The van der Waals surface area contributed by atoms with Gasteiger partial charge in [-0.25, -0.2) is 0 Å². The Labute approximate surface area is 127 Å². The van der Waals surface area contributed by atoms with E-state index in [1.807, 2.05) is 11.8 Å². The van der Waals surface area contributed by atoms with Crippen LogP contribution in [0.2, 0.25) is 0 Å². The molecule has 2 atom stereocenters. The van der Waals surface area contributed by atoms with Crippen molar-refractivity contribution in [3.63, 3.8) is 0 Å². The van der Waals surface area contributed by atoms with Crippen molar-refractivity contribution in [2.24, 2.45) is 11.8 Å². The average Bonchev–Trinajstić information content (AvgIpc) is 2.73. The van der Waals surface area contributed by atoms with Gasteiger partial charge in [0.25, 0.3) is 0 Å². The van der Waals surface area contributed by atoms with Crippen molar-refractivity contribution >= 4 is 11.9 Å². The lowest BCUT2D eigenvalue weighted by atomic mass is 9.97. The zero-order chi connectivity index (χ0) is 15.2. The first-order chi connectivity index (χ1) is 10.1. The maximum atomic E-state index is 12.1. The lowest BCUT2D eigenvalue weighted by Gasteiger charge is -2.22. The van der Waals surface area contributed by atoms with E-state index in [1.165, 1.54) is 32.1 Å². The maximum absolute atomic E-state index is 12.1. The molecule has 1 amide bonds. The highest BCUT2D eigenvalue weighted by molar-refractivity contribution is 5.78. The molecule has 120 valence electrons. The molecule has 0 aromatic rings. The normalized spacial score (nSPS) is 28.8. The van der Waals surface area contributed by atoms with Crippen LogP contribution in [0.4, 0.5) is 0 Å². The fourth-order valence-electron chi connectivity index (χ4n) is 3.59. The third kappa shape index (κ3) is 4.99. The summed E-state index contributed by atoms with van der Waals surface area (Å²) in [6.07, 6.45) is 8.44. The maximum Gasteiger partial charge on any atom is 0.308 e. The molecule has 0 aromatic carbocycles. The minimum absolute atomic E-state index is 0.0545. The summed E-state index contributed by atoms with van der Waals surface area (Å²) in [4.78, 5) is 25.2. The Balaban J connectivity index is 1.75. The molecule has 1 aliphatic heterocycles. The zero-order valence-corrected chi connectivity index (χ0v) is 13.0. The summed E-state index contributed by atoms with van der Waals surface area (Å²) in [6, 6.07) is 0.313. The van der Waals surface area contributed by atoms with E-state index in [0.29, 0.717) is 25.7 Å². The first-order valence-corrected chi connectivity index (χ1v) is 8.31. The molecule has 2 N–H and O–H groups in total. The molecule has 0 unspecified atom stereocenters. The average molecular weight is 296 g/mol. The van der Waals surface area contributed by atoms with Crippen LogP contribution in [0.5, 0.6) is 0 Å². The minimum atomic E-state index is -0.745. The fourth-order valence-corrected chi connectivity index (χ4v) is 3.59. The van der Waals surface area contributed by atoms with Crippen molar-refractivity contribution in [1.29, 1.82) is 0 Å². The van der Waals surface area contributed by atoms with Crippen molar-refractivity contribution in [3.05, 3.63) is 0 Å². The molecule has 0 spiro atoms. The van der Waals surface area contributed by atoms with Gasteiger partial charge in [0.1, 0.15) is 0 Å². The van der Waals surface area contributed by atoms with Crippen LogP contribution >= 0.6 is 0 Å². The van der Waals surface area contributed by atoms with Gasteiger partial charge in [-0.2, -0.15) is 0 Å². The van der Waals surface area contributed by atoms with Crippen LogP contribution in [-0.2, 0) is 9.59 Å². The van der Waals surface area contributed by atoms with E-state index in [9.17, 15) is 9.59 Å². The number of likely N-dealkylation sites (tertiary alicyclic amines) is 1. The van der Waals surface area contributed by atoms with Gasteiger partial charge in [-0.05, 0) is 18.8 Å². The largest absolute Gasteiger partial charge is 0.481 e. The second-order valence-corrected chi connectivity index (χ2v) is 6.73. The molecule has 1 saturated heterocycles. The number of nitrogens with one attached hydrogen (secondary N) is 1. The predicted molar refractivity (Wildman–Crippen MR) is 81.0 cm³/mol. The molecular weight excluding hydrogens is 268 g/mol. The molecule has 2 fully saturated rings. The van der Waals surface area contributed by atoms with E-state index >= 15 is 0 Å². The van der Waals surface area contributed by atoms with Gasteiger partial charge in [-0.3, -0.25) is 14.5 Å². The van der Waals surface area contributed by atoms with Crippen molar-refractivity contribution in [2.75, 3.05) is 19.6 Å². The number of carbonyl (C=O) groups is 2. The second kappa shape index (κ2) is 7.78. The van der Waals surface area contributed by atoms with Crippen molar-refractivity contribution < 1.29 is 14.7 Å². The summed E-state index contributed by atoms with van der Waals surface area (Å²) in [7, 11) is 0. The molecule has 0 aromatic heterocycles. The monoisotopic (exact) mass is 296 g/mol. The molecule has 5 heteroatoms. The topological polar surface area (TPSA) is 69.6 Å². The van der Waals surface area contributed by atoms with Crippen LogP contribution in [0.15, 0.2) is 0 Å². The molecular formula is C16H28N2O3. The number of hydrogen-bond donors (Lipinski definition) is 2. The number of carbonyl (C=O) groups excluding carboxylic acids is 1. The van der Waals surface area contributed by atoms with Gasteiger partial charge < -0.3 is 10.4 Å². The summed E-state index contributed by atoms with van der Waals surface area (Å²) in [5, 5.41) is 12.3. The van der Waals surface area contributed by atoms with E-state index in [-0.39, 0.29) is 17.7 Å². The molecule has 5 nitrogen and oxygen atoms in total. The summed E-state index contributed by atoms with van der Waals surface area (Å²) in [5.41, 5.74) is 0. The molecule has 1 saturated carbocycles. The van der Waals surface area contributed by atoms with E-state index in [0.717, 1.165) is 12.8 Å². The third-order valence-electron chi connectivity index (χ3n) is 4.84. The van der Waals surface area contributed by atoms with Gasteiger partial charge in [-0.15, -0.1) is 0 Å². The number of rotatable bonds is 4. The SMILES string of the molecule is C[C@@H]1CN(CC(=O)NC2CCCCCCC2)C[C@H]1C(=O)O. The van der Waals surface area contributed by atoms with Crippen molar-refractivity contribution in [2.45, 2.75) is 57.9 Å². The van der Waals surface area contributed by atoms with Gasteiger partial charge in [0.2, 0.25) is 5.91 Å². The van der Waals surface area contributed by atoms with Crippen LogP contribution < -0.4 is 5.32 Å². The van der Waals surface area contributed by atoms with Crippen LogP contribution in [0, 0.1) is 11.8 Å². The lowest BCUT2D eigenvalue weighted by Crippen LogP contribution is -2.42. The highest BCUT2D eigenvalue weighted by atomic mass is 16.4. The standard InChI is InChI=1S/C16H28N2O3/c1-12-9-18(10-14(12)16(20)21)11-15(19)17-13-7-5-3-2-4-6-8-13/h12-14H,2-11H2,1H3,(H,17,19)(H,20,21)/t12-,14-/m1/s1. The molecule has 1 heterocycles. The zero-order valence-electron chi connectivity index (χ0n) is 13.0. The highest BCUT2D eigenvalue weighted by Crippen LogP contribution is 2.23. The number of amides is 1. The Morgan fingerprint density at radius 1 is 1.10 bits per heavy atom. The highest BCUT2D eigenvalue weighted by Gasteiger charge is 2.35. The van der Waals surface area contributed by atoms with Gasteiger partial charge in [0, 0.05) is 19.1 Å². The van der Waals surface area contributed by atoms with Gasteiger partial charge in [0.05, 0.1) is 12.5 Å². The van der Waals surface area contributed by atoms with Crippen LogP contribution in [0.3, 0.4) is 0 Å². The van der Waals surface area contributed by atoms with Gasteiger partial charge >= 0.3 is 5.97 Å². The number of carboxylic acids is 1. The Morgan fingerprint density at radius 2 is 1.71 bits per heavy atom. The molecule has 1 aliphatic carbocycles. The molecule has 0 bridgehead atoms. The van der Waals surface area contributed by atoms with Crippen LogP contribution in [-0.4, -0.2) is 47.6 Å². The fraction of sp³-hybridized carbons (Fsp3) is 0.875. The predicted octanol–water partition coefficient (Wildman–Crippen LogP) is 1.87. The summed E-state index contributed by atoms with van der Waals surface area (Å²) in [6.45, 7) is 3.49. The minimum Gasteiger partial charge on any atom is -0.481 e. The Hall–Kier alpha value is -1.10. The molecule has 21 heavy (non-hydrogen) atoms. The first kappa shape index (κ1) is 16.3. The number of aliphatic carboxylic acids is 1. The molecule has 2 aliphatic rings. The second-order valence-electron chi connectivity index (χ2n) is 6.73. The Bertz CT molecular complexity index is 365. The smallest absolute Gasteiger partial charge is 0.308 e. The van der Waals surface area contributed by atoms with Crippen LogP contribution in [0.25, 0.3) is 0 Å².